The summed E-state index contributed by atoms with van der Waals surface area (Å²) in [4.78, 5) is 8.06. The first kappa shape index (κ1) is 14.2. The van der Waals surface area contributed by atoms with Gasteiger partial charge >= 0.3 is 0 Å². The molecule has 3 rings (SSSR count). The molecule has 1 saturated carbocycles. The van der Waals surface area contributed by atoms with E-state index in [1.165, 1.54) is 49.7 Å². The van der Waals surface area contributed by atoms with E-state index in [1.807, 2.05) is 12.3 Å². The van der Waals surface area contributed by atoms with Crippen LogP contribution in [0.5, 0.6) is 0 Å². The van der Waals surface area contributed by atoms with Gasteiger partial charge in [-0.05, 0) is 50.0 Å². The molecule has 0 unspecified atom stereocenters. The van der Waals surface area contributed by atoms with Gasteiger partial charge in [-0.2, -0.15) is 0 Å². The van der Waals surface area contributed by atoms with Gasteiger partial charge in [-0.25, -0.2) is 4.99 Å². The minimum atomic E-state index is 0.623. The number of allylic oxidation sites excluding steroid dienone is 2. The van der Waals surface area contributed by atoms with Crippen molar-refractivity contribution < 1.29 is 0 Å². The molecule has 0 aromatic carbocycles. The maximum Gasteiger partial charge on any atom is 0.0904 e. The molecule has 1 aromatic heterocycles. The molecule has 0 spiro atoms. The fraction of sp³-hybridized carbons (Fsp3) is 0.500. The number of nitrogens with zero attached hydrogens (tertiary/aromatic N) is 1. The summed E-state index contributed by atoms with van der Waals surface area (Å²) in [5.74, 6) is 0. The number of aliphatic imine (C=N–C) groups is 1. The normalized spacial score (nSPS) is 22.6. The second kappa shape index (κ2) is 6.33. The van der Waals surface area contributed by atoms with Gasteiger partial charge in [0.05, 0.1) is 17.1 Å². The van der Waals surface area contributed by atoms with E-state index in [-0.39, 0.29) is 0 Å². The highest BCUT2D eigenvalue weighted by molar-refractivity contribution is 6.14. The lowest BCUT2D eigenvalue weighted by Gasteiger charge is -2.14. The number of nitrogens with one attached hydrogen (secondary N) is 2. The fourth-order valence-corrected chi connectivity index (χ4v) is 3.18. The van der Waals surface area contributed by atoms with Crippen molar-refractivity contribution >= 4 is 5.71 Å². The van der Waals surface area contributed by atoms with E-state index in [0.717, 1.165) is 17.1 Å². The van der Waals surface area contributed by atoms with Gasteiger partial charge in [0, 0.05) is 18.4 Å². The Morgan fingerprint density at radius 3 is 2.57 bits per heavy atom. The Labute approximate surface area is 127 Å². The molecule has 0 saturated heterocycles. The topological polar surface area (TPSA) is 40.2 Å². The first-order chi connectivity index (χ1) is 10.3. The molecule has 3 heteroatoms. The first-order valence-electron chi connectivity index (χ1n) is 8.12. The van der Waals surface area contributed by atoms with E-state index in [1.54, 1.807) is 0 Å². The molecule has 2 heterocycles. The highest BCUT2D eigenvalue weighted by Gasteiger charge is 2.19. The van der Waals surface area contributed by atoms with Gasteiger partial charge in [0.25, 0.3) is 0 Å². The molecule has 1 fully saturated rings. The Kier molecular flexibility index (Phi) is 4.28. The van der Waals surface area contributed by atoms with Crippen LogP contribution in [0.15, 0.2) is 46.4 Å². The van der Waals surface area contributed by atoms with Crippen LogP contribution < -0.4 is 5.32 Å². The number of rotatable bonds is 3. The van der Waals surface area contributed by atoms with Crippen LogP contribution in [-0.4, -0.2) is 16.7 Å². The standard InChI is InChI=1S/C18H25N3/c1-13-14(2)18(16-10-7-11-19-16)21-17(13)12-20-15-8-5-3-4-6-9-15/h7,10-12,15,19-20H,3-6,8-9H2,1-2H3/b17-12+. The minimum absolute atomic E-state index is 0.623. The van der Waals surface area contributed by atoms with Gasteiger partial charge in [0.2, 0.25) is 0 Å². The van der Waals surface area contributed by atoms with Crippen molar-refractivity contribution in [3.8, 4) is 0 Å². The predicted octanol–water partition coefficient (Wildman–Crippen LogP) is 4.31. The van der Waals surface area contributed by atoms with Crippen LogP contribution in [0.25, 0.3) is 0 Å². The number of H-pyrrole nitrogens is 1. The van der Waals surface area contributed by atoms with E-state index in [4.69, 9.17) is 4.99 Å². The fourth-order valence-electron chi connectivity index (χ4n) is 3.18. The molecular weight excluding hydrogens is 258 g/mol. The lowest BCUT2D eigenvalue weighted by Crippen LogP contribution is -2.23. The Bertz CT molecular complexity index is 568. The number of aromatic amines is 1. The smallest absolute Gasteiger partial charge is 0.0904 e. The molecule has 1 aliphatic carbocycles. The van der Waals surface area contributed by atoms with Crippen molar-refractivity contribution in [2.45, 2.75) is 58.4 Å². The summed E-state index contributed by atoms with van der Waals surface area (Å²) in [6, 6.07) is 4.72. The second-order valence-electron chi connectivity index (χ2n) is 6.18. The van der Waals surface area contributed by atoms with Gasteiger partial charge in [-0.1, -0.05) is 25.7 Å². The molecule has 112 valence electrons. The molecule has 3 nitrogen and oxygen atoms in total. The Morgan fingerprint density at radius 2 is 1.90 bits per heavy atom. The SMILES string of the molecule is CC1=C(C)/C(=C\NC2CCCCCC2)N=C1c1ccc[nH]1. The molecule has 0 amide bonds. The molecule has 2 aliphatic rings. The largest absolute Gasteiger partial charge is 0.386 e. The van der Waals surface area contributed by atoms with Crippen LogP contribution in [0, 0.1) is 0 Å². The lowest BCUT2D eigenvalue weighted by molar-refractivity contribution is 0.515. The van der Waals surface area contributed by atoms with Gasteiger partial charge in [0.1, 0.15) is 0 Å². The van der Waals surface area contributed by atoms with Gasteiger partial charge in [0.15, 0.2) is 0 Å². The second-order valence-corrected chi connectivity index (χ2v) is 6.18. The maximum atomic E-state index is 4.81. The van der Waals surface area contributed by atoms with E-state index >= 15 is 0 Å². The van der Waals surface area contributed by atoms with Crippen molar-refractivity contribution in [1.82, 2.24) is 10.3 Å². The zero-order valence-electron chi connectivity index (χ0n) is 13.1. The van der Waals surface area contributed by atoms with Crippen LogP contribution in [0.1, 0.15) is 58.1 Å². The summed E-state index contributed by atoms with van der Waals surface area (Å²) in [5.41, 5.74) is 5.81. The summed E-state index contributed by atoms with van der Waals surface area (Å²) >= 11 is 0. The van der Waals surface area contributed by atoms with Gasteiger partial charge in [-0.15, -0.1) is 0 Å². The quantitative estimate of drug-likeness (QED) is 0.797. The van der Waals surface area contributed by atoms with Crippen molar-refractivity contribution in [1.29, 1.82) is 0 Å². The van der Waals surface area contributed by atoms with Crippen LogP contribution in [-0.2, 0) is 0 Å². The summed E-state index contributed by atoms with van der Waals surface area (Å²) in [6.45, 7) is 4.32. The molecule has 1 aromatic rings. The van der Waals surface area contributed by atoms with Crippen LogP contribution in [0.3, 0.4) is 0 Å². The van der Waals surface area contributed by atoms with Crippen LogP contribution >= 0.6 is 0 Å². The van der Waals surface area contributed by atoms with E-state index in [9.17, 15) is 0 Å². The van der Waals surface area contributed by atoms with E-state index in [2.05, 4.69) is 36.4 Å². The minimum Gasteiger partial charge on any atom is -0.386 e. The monoisotopic (exact) mass is 283 g/mol. The molecule has 21 heavy (non-hydrogen) atoms. The lowest BCUT2D eigenvalue weighted by atomic mass is 10.1. The summed E-state index contributed by atoms with van der Waals surface area (Å²) < 4.78 is 0. The predicted molar refractivity (Wildman–Crippen MR) is 88.4 cm³/mol. The first-order valence-corrected chi connectivity index (χ1v) is 8.12. The third kappa shape index (κ3) is 3.12. The third-order valence-electron chi connectivity index (χ3n) is 4.70. The zero-order valence-corrected chi connectivity index (χ0v) is 13.1. The highest BCUT2D eigenvalue weighted by atomic mass is 14.9. The van der Waals surface area contributed by atoms with Crippen molar-refractivity contribution in [3.05, 3.63) is 47.1 Å². The molecule has 0 bridgehead atoms. The van der Waals surface area contributed by atoms with E-state index in [0.29, 0.717) is 6.04 Å². The Hall–Kier alpha value is -1.77. The van der Waals surface area contributed by atoms with Crippen molar-refractivity contribution in [2.24, 2.45) is 4.99 Å². The average Bonchev–Trinajstić information content (AvgIpc) is 3.01. The number of hydrogen-bond donors (Lipinski definition) is 2. The summed E-state index contributed by atoms with van der Waals surface area (Å²) in [6.07, 6.45) is 12.1. The molecule has 1 aliphatic heterocycles. The molecular formula is C18H25N3. The average molecular weight is 283 g/mol. The summed E-state index contributed by atoms with van der Waals surface area (Å²) in [5, 5.41) is 3.61. The molecule has 0 radical (unpaired) electrons. The maximum absolute atomic E-state index is 4.81. The van der Waals surface area contributed by atoms with Crippen LogP contribution in [0.2, 0.25) is 0 Å². The van der Waals surface area contributed by atoms with Crippen LogP contribution in [0.4, 0.5) is 0 Å². The van der Waals surface area contributed by atoms with Crippen molar-refractivity contribution in [2.75, 3.05) is 0 Å². The molecule has 2 N–H and O–H groups in total. The van der Waals surface area contributed by atoms with Gasteiger partial charge < -0.3 is 10.3 Å². The van der Waals surface area contributed by atoms with Gasteiger partial charge in [-0.3, -0.25) is 0 Å². The summed E-state index contributed by atoms with van der Waals surface area (Å²) in [7, 11) is 0. The zero-order chi connectivity index (χ0) is 14.7. The number of hydrogen-bond acceptors (Lipinski definition) is 2. The Balaban J connectivity index is 1.74. The highest BCUT2D eigenvalue weighted by Crippen LogP contribution is 2.27. The van der Waals surface area contributed by atoms with E-state index < -0.39 is 0 Å². The third-order valence-corrected chi connectivity index (χ3v) is 4.70. The van der Waals surface area contributed by atoms with Crippen molar-refractivity contribution in [3.63, 3.8) is 0 Å². The number of aromatic nitrogens is 1. The molecule has 0 atom stereocenters. The Morgan fingerprint density at radius 1 is 1.14 bits per heavy atom.